The fraction of sp³-hybridized carbons (Fsp3) is 0.250. The van der Waals surface area contributed by atoms with Crippen LogP contribution >= 0.6 is 0 Å². The van der Waals surface area contributed by atoms with E-state index >= 15 is 0 Å². The molecule has 2 aromatic rings. The lowest BCUT2D eigenvalue weighted by atomic mass is 10.1. The second-order valence-corrected chi connectivity index (χ2v) is 4.31. The Kier molecular flexibility index (Phi) is 4.85. The lowest BCUT2D eigenvalue weighted by molar-refractivity contribution is 0.305. The number of ether oxygens (including phenoxy) is 3. The van der Waals surface area contributed by atoms with Gasteiger partial charge in [0.1, 0.15) is 23.9 Å². The molecule has 106 valence electrons. The fourth-order valence-electron chi connectivity index (χ4n) is 1.92. The number of rotatable bonds is 6. The van der Waals surface area contributed by atoms with E-state index in [0.29, 0.717) is 13.2 Å². The van der Waals surface area contributed by atoms with Gasteiger partial charge in [0.15, 0.2) is 0 Å². The summed E-state index contributed by atoms with van der Waals surface area (Å²) in [5.74, 6) is 2.42. The predicted molar refractivity (Wildman–Crippen MR) is 78.2 cm³/mol. The van der Waals surface area contributed by atoms with Gasteiger partial charge < -0.3 is 19.9 Å². The van der Waals surface area contributed by atoms with Gasteiger partial charge in [-0.15, -0.1) is 0 Å². The molecule has 0 aliphatic rings. The molecule has 0 aliphatic carbocycles. The molecule has 0 fully saturated rings. The SMILES string of the molecule is COc1ccc(OCc2ccc(OC)c(CN)c2)cc1. The number of hydrogen-bond donors (Lipinski definition) is 1. The first kappa shape index (κ1) is 14.2. The van der Waals surface area contributed by atoms with Gasteiger partial charge in [0.2, 0.25) is 0 Å². The van der Waals surface area contributed by atoms with Crippen LogP contribution in [-0.2, 0) is 13.2 Å². The topological polar surface area (TPSA) is 53.7 Å². The summed E-state index contributed by atoms with van der Waals surface area (Å²) >= 11 is 0. The number of nitrogens with two attached hydrogens (primary N) is 1. The molecular weight excluding hydrogens is 254 g/mol. The van der Waals surface area contributed by atoms with Crippen LogP contribution in [0.25, 0.3) is 0 Å². The van der Waals surface area contributed by atoms with Crippen molar-refractivity contribution in [3.05, 3.63) is 53.6 Å². The van der Waals surface area contributed by atoms with Crippen LogP contribution in [0, 0.1) is 0 Å². The molecule has 0 saturated heterocycles. The Balaban J connectivity index is 2.02. The summed E-state index contributed by atoms with van der Waals surface area (Å²) in [6.07, 6.45) is 0. The van der Waals surface area contributed by atoms with Crippen LogP contribution in [0.1, 0.15) is 11.1 Å². The van der Waals surface area contributed by atoms with Gasteiger partial charge in [-0.25, -0.2) is 0 Å². The highest BCUT2D eigenvalue weighted by molar-refractivity contribution is 5.37. The standard InChI is InChI=1S/C16H19NO3/c1-18-14-4-6-15(7-5-14)20-11-12-3-8-16(19-2)13(9-12)10-17/h3-9H,10-11,17H2,1-2H3. The number of hydrogen-bond acceptors (Lipinski definition) is 4. The van der Waals surface area contributed by atoms with Crippen molar-refractivity contribution >= 4 is 0 Å². The van der Waals surface area contributed by atoms with Crippen LogP contribution in [0.5, 0.6) is 17.2 Å². The molecule has 0 radical (unpaired) electrons. The molecule has 0 heterocycles. The molecule has 20 heavy (non-hydrogen) atoms. The van der Waals surface area contributed by atoms with Gasteiger partial charge in [-0.05, 0) is 42.0 Å². The lowest BCUT2D eigenvalue weighted by Crippen LogP contribution is -2.02. The van der Waals surface area contributed by atoms with Gasteiger partial charge in [0.05, 0.1) is 14.2 Å². The predicted octanol–water partition coefficient (Wildman–Crippen LogP) is 2.74. The molecule has 0 aliphatic heterocycles. The van der Waals surface area contributed by atoms with E-state index in [1.54, 1.807) is 14.2 Å². The van der Waals surface area contributed by atoms with Crippen LogP contribution in [0.2, 0.25) is 0 Å². The molecule has 0 atom stereocenters. The molecule has 0 saturated carbocycles. The average molecular weight is 273 g/mol. The van der Waals surface area contributed by atoms with Gasteiger partial charge in [-0.2, -0.15) is 0 Å². The zero-order valence-corrected chi connectivity index (χ0v) is 11.8. The summed E-state index contributed by atoms with van der Waals surface area (Å²) in [7, 11) is 3.28. The Morgan fingerprint density at radius 1 is 0.900 bits per heavy atom. The minimum Gasteiger partial charge on any atom is -0.497 e. The van der Waals surface area contributed by atoms with Crippen LogP contribution in [0.15, 0.2) is 42.5 Å². The zero-order chi connectivity index (χ0) is 14.4. The van der Waals surface area contributed by atoms with E-state index in [0.717, 1.165) is 28.4 Å². The Morgan fingerprint density at radius 3 is 2.20 bits per heavy atom. The quantitative estimate of drug-likeness (QED) is 0.879. The molecule has 0 spiro atoms. The minimum absolute atomic E-state index is 0.444. The molecule has 0 bridgehead atoms. The van der Waals surface area contributed by atoms with E-state index in [1.165, 1.54) is 0 Å². The highest BCUT2D eigenvalue weighted by atomic mass is 16.5. The number of methoxy groups -OCH3 is 2. The summed E-state index contributed by atoms with van der Waals surface area (Å²) in [5.41, 5.74) is 7.73. The van der Waals surface area contributed by atoms with Crippen molar-refractivity contribution in [1.82, 2.24) is 0 Å². The minimum atomic E-state index is 0.444. The fourth-order valence-corrected chi connectivity index (χ4v) is 1.92. The molecule has 2 N–H and O–H groups in total. The maximum Gasteiger partial charge on any atom is 0.123 e. The van der Waals surface area contributed by atoms with Gasteiger partial charge in [-0.3, -0.25) is 0 Å². The summed E-state index contributed by atoms with van der Waals surface area (Å²) in [4.78, 5) is 0. The Morgan fingerprint density at radius 2 is 1.60 bits per heavy atom. The van der Waals surface area contributed by atoms with Crippen molar-refractivity contribution in [2.75, 3.05) is 14.2 Å². The summed E-state index contributed by atoms with van der Waals surface area (Å²) < 4.78 is 16.1. The van der Waals surface area contributed by atoms with Crippen LogP contribution in [0.3, 0.4) is 0 Å². The van der Waals surface area contributed by atoms with Crippen LogP contribution in [0.4, 0.5) is 0 Å². The Hall–Kier alpha value is -2.20. The number of benzene rings is 2. The third-order valence-corrected chi connectivity index (χ3v) is 3.03. The van der Waals surface area contributed by atoms with E-state index in [-0.39, 0.29) is 0 Å². The summed E-state index contributed by atoms with van der Waals surface area (Å²) in [6, 6.07) is 13.4. The highest BCUT2D eigenvalue weighted by Crippen LogP contribution is 2.21. The smallest absolute Gasteiger partial charge is 0.123 e. The summed E-state index contributed by atoms with van der Waals surface area (Å²) in [5, 5.41) is 0. The first-order valence-corrected chi connectivity index (χ1v) is 6.39. The van der Waals surface area contributed by atoms with Gasteiger partial charge in [-0.1, -0.05) is 6.07 Å². The molecular formula is C16H19NO3. The van der Waals surface area contributed by atoms with Gasteiger partial charge in [0.25, 0.3) is 0 Å². The van der Waals surface area contributed by atoms with Gasteiger partial charge in [0, 0.05) is 12.1 Å². The third kappa shape index (κ3) is 3.42. The van der Waals surface area contributed by atoms with Gasteiger partial charge >= 0.3 is 0 Å². The molecule has 4 heteroatoms. The molecule has 0 unspecified atom stereocenters. The maximum atomic E-state index is 5.73. The molecule has 4 nitrogen and oxygen atoms in total. The van der Waals surface area contributed by atoms with Crippen LogP contribution in [-0.4, -0.2) is 14.2 Å². The highest BCUT2D eigenvalue weighted by Gasteiger charge is 2.03. The second-order valence-electron chi connectivity index (χ2n) is 4.31. The van der Waals surface area contributed by atoms with E-state index < -0.39 is 0 Å². The van der Waals surface area contributed by atoms with Crippen molar-refractivity contribution in [2.45, 2.75) is 13.2 Å². The van der Waals surface area contributed by atoms with Crippen molar-refractivity contribution < 1.29 is 14.2 Å². The first-order chi connectivity index (χ1) is 9.76. The van der Waals surface area contributed by atoms with Crippen LogP contribution < -0.4 is 19.9 Å². The Labute approximate surface area is 119 Å². The van der Waals surface area contributed by atoms with Crippen molar-refractivity contribution in [3.8, 4) is 17.2 Å². The first-order valence-electron chi connectivity index (χ1n) is 6.39. The van der Waals surface area contributed by atoms with E-state index in [1.807, 2.05) is 42.5 Å². The largest absolute Gasteiger partial charge is 0.497 e. The maximum absolute atomic E-state index is 5.73. The third-order valence-electron chi connectivity index (χ3n) is 3.03. The van der Waals surface area contributed by atoms with E-state index in [9.17, 15) is 0 Å². The van der Waals surface area contributed by atoms with Crippen molar-refractivity contribution in [1.29, 1.82) is 0 Å². The zero-order valence-electron chi connectivity index (χ0n) is 11.8. The average Bonchev–Trinajstić information content (AvgIpc) is 2.53. The monoisotopic (exact) mass is 273 g/mol. The molecule has 0 aromatic heterocycles. The molecule has 2 rings (SSSR count). The molecule has 0 amide bonds. The lowest BCUT2D eigenvalue weighted by Gasteiger charge is -2.11. The van der Waals surface area contributed by atoms with E-state index in [2.05, 4.69) is 0 Å². The van der Waals surface area contributed by atoms with E-state index in [4.69, 9.17) is 19.9 Å². The normalized spacial score (nSPS) is 10.2. The Bertz CT molecular complexity index is 552. The second kappa shape index (κ2) is 6.82. The summed E-state index contributed by atoms with van der Waals surface area (Å²) in [6.45, 7) is 0.933. The van der Waals surface area contributed by atoms with Crippen molar-refractivity contribution in [2.24, 2.45) is 5.73 Å². The van der Waals surface area contributed by atoms with Crippen molar-refractivity contribution in [3.63, 3.8) is 0 Å². The molecule has 2 aromatic carbocycles.